The van der Waals surface area contributed by atoms with Crippen LogP contribution < -0.4 is 29.6 Å². The fourth-order valence-electron chi connectivity index (χ4n) is 5.99. The van der Waals surface area contributed by atoms with Crippen LogP contribution >= 0.6 is 0 Å². The Kier molecular flexibility index (Phi) is 8.76. The number of benzene rings is 3. The molecule has 1 heterocycles. The number of rotatable bonds is 9. The van der Waals surface area contributed by atoms with Crippen molar-refractivity contribution in [3.05, 3.63) is 99.9 Å². The van der Waals surface area contributed by atoms with E-state index in [0.717, 1.165) is 22.4 Å². The predicted octanol–water partition coefficient (Wildman–Crippen LogP) is 6.42. The van der Waals surface area contributed by atoms with Gasteiger partial charge in [0.2, 0.25) is 0 Å². The summed E-state index contributed by atoms with van der Waals surface area (Å²) in [6.07, 6.45) is 0.901. The van der Waals surface area contributed by atoms with Crippen LogP contribution in [-0.2, 0) is 9.59 Å². The first-order valence-corrected chi connectivity index (χ1v) is 14.4. The number of carbonyl (C=O) groups excluding carboxylic acids is 2. The second-order valence-corrected chi connectivity index (χ2v) is 10.8. The monoisotopic (exact) mass is 582 g/mol. The summed E-state index contributed by atoms with van der Waals surface area (Å²) >= 11 is 0. The Labute approximate surface area is 252 Å². The molecule has 43 heavy (non-hydrogen) atoms. The number of ketones is 1. The second-order valence-electron chi connectivity index (χ2n) is 10.8. The summed E-state index contributed by atoms with van der Waals surface area (Å²) in [4.78, 5) is 28.0. The van der Waals surface area contributed by atoms with Gasteiger partial charge in [-0.05, 0) is 80.6 Å². The number of ether oxygens (including phenoxy) is 4. The van der Waals surface area contributed by atoms with Crippen LogP contribution in [0.4, 0.5) is 5.69 Å². The van der Waals surface area contributed by atoms with Gasteiger partial charge in [-0.1, -0.05) is 29.8 Å². The molecule has 2 aliphatic rings. The van der Waals surface area contributed by atoms with Crippen LogP contribution in [0.3, 0.4) is 0 Å². The molecule has 0 bridgehead atoms. The number of allylic oxidation sites excluding steroid dienone is 3. The molecule has 0 unspecified atom stereocenters. The van der Waals surface area contributed by atoms with E-state index in [9.17, 15) is 9.59 Å². The normalized spacial score (nSPS) is 18.0. The summed E-state index contributed by atoms with van der Waals surface area (Å²) in [5.74, 6) is 1.46. The smallest absolute Gasteiger partial charge is 0.254 e. The number of dihydropyridines is 1. The highest BCUT2D eigenvalue weighted by molar-refractivity contribution is 6.10. The number of methoxy groups -OCH3 is 3. The predicted molar refractivity (Wildman–Crippen MR) is 166 cm³/mol. The minimum Gasteiger partial charge on any atom is -0.493 e. The first-order chi connectivity index (χ1) is 20.8. The van der Waals surface area contributed by atoms with Crippen molar-refractivity contribution in [2.45, 2.75) is 45.4 Å². The first-order valence-electron chi connectivity index (χ1n) is 14.4. The summed E-state index contributed by atoms with van der Waals surface area (Å²) in [6, 6.07) is 19.0. The lowest BCUT2D eigenvalue weighted by Gasteiger charge is -2.37. The van der Waals surface area contributed by atoms with E-state index in [1.807, 2.05) is 81.4 Å². The van der Waals surface area contributed by atoms with E-state index < -0.39 is 5.92 Å². The molecule has 0 radical (unpaired) electrons. The lowest BCUT2D eigenvalue weighted by molar-refractivity contribution is -0.116. The molecular formula is C35H38N2O6. The van der Waals surface area contributed by atoms with Gasteiger partial charge < -0.3 is 29.6 Å². The Morgan fingerprint density at radius 1 is 0.837 bits per heavy atom. The first kappa shape index (κ1) is 29.8. The number of nitrogens with one attached hydrogen (secondary N) is 2. The Morgan fingerprint density at radius 2 is 1.47 bits per heavy atom. The van der Waals surface area contributed by atoms with Crippen molar-refractivity contribution in [3.63, 3.8) is 0 Å². The summed E-state index contributed by atoms with van der Waals surface area (Å²) in [5, 5.41) is 6.50. The summed E-state index contributed by atoms with van der Waals surface area (Å²) in [6.45, 7) is 6.28. The van der Waals surface area contributed by atoms with Gasteiger partial charge >= 0.3 is 0 Å². The molecule has 5 rings (SSSR count). The van der Waals surface area contributed by atoms with Crippen LogP contribution in [0.2, 0.25) is 0 Å². The molecule has 0 spiro atoms. The van der Waals surface area contributed by atoms with Crippen LogP contribution in [0.1, 0.15) is 55.2 Å². The fourth-order valence-corrected chi connectivity index (χ4v) is 5.99. The minimum absolute atomic E-state index is 0.0143. The van der Waals surface area contributed by atoms with Crippen LogP contribution in [0.15, 0.2) is 83.2 Å². The lowest BCUT2D eigenvalue weighted by atomic mass is 9.71. The average Bonchev–Trinajstić information content (AvgIpc) is 3.01. The molecule has 2 N–H and O–H groups in total. The third-order valence-corrected chi connectivity index (χ3v) is 8.08. The molecule has 0 saturated carbocycles. The molecule has 0 saturated heterocycles. The molecule has 0 aromatic heterocycles. The highest BCUT2D eigenvalue weighted by atomic mass is 16.5. The molecular weight excluding hydrogens is 544 g/mol. The molecule has 3 aromatic carbocycles. The quantitative estimate of drug-likeness (QED) is 0.301. The van der Waals surface area contributed by atoms with Crippen molar-refractivity contribution >= 4 is 17.4 Å². The van der Waals surface area contributed by atoms with Gasteiger partial charge in [0.05, 0.1) is 27.9 Å². The Bertz CT molecular complexity index is 1610. The SMILES string of the molecule is CCOc1ccc([C@@H]2C(C(=O)Nc3ccc(C)cc3)=C(C)NC3=C2C(=O)C[C@@H](c2ccc(OC)c(OC)c2)C3)cc1OC. The molecule has 3 aromatic rings. The van der Waals surface area contributed by atoms with E-state index in [4.69, 9.17) is 18.9 Å². The number of hydrogen-bond acceptors (Lipinski definition) is 7. The van der Waals surface area contributed by atoms with Crippen LogP contribution in [0.25, 0.3) is 0 Å². The van der Waals surface area contributed by atoms with Gasteiger partial charge in [-0.25, -0.2) is 0 Å². The molecule has 2 atom stereocenters. The molecule has 224 valence electrons. The van der Waals surface area contributed by atoms with Gasteiger partial charge in [0, 0.05) is 40.6 Å². The average molecular weight is 583 g/mol. The maximum Gasteiger partial charge on any atom is 0.254 e. The van der Waals surface area contributed by atoms with E-state index in [2.05, 4.69) is 10.6 Å². The van der Waals surface area contributed by atoms with E-state index in [1.165, 1.54) is 0 Å². The van der Waals surface area contributed by atoms with E-state index in [-0.39, 0.29) is 17.6 Å². The molecule has 0 fully saturated rings. The van der Waals surface area contributed by atoms with Gasteiger partial charge in [-0.15, -0.1) is 0 Å². The standard InChI is InChI=1S/C35H38N2O6/c1-7-43-29-15-11-23(19-31(29)42-6)33-32(35(39)37-25-12-8-20(2)9-13-25)21(3)36-26-16-24(17-27(38)34(26)33)22-10-14-28(40-4)30(18-22)41-5/h8-15,18-19,24,33,36H,7,16-17H2,1-6H3,(H,37,39)/t24-,33+/m0/s1. The zero-order chi connectivity index (χ0) is 30.7. The van der Waals surface area contributed by atoms with Crippen LogP contribution in [0.5, 0.6) is 23.0 Å². The lowest BCUT2D eigenvalue weighted by Crippen LogP contribution is -2.37. The van der Waals surface area contributed by atoms with Crippen molar-refractivity contribution in [2.75, 3.05) is 33.3 Å². The van der Waals surface area contributed by atoms with Crippen molar-refractivity contribution < 1.29 is 28.5 Å². The number of Topliss-reactive ketones (excluding diaryl/α,β-unsaturated/α-hetero) is 1. The summed E-state index contributed by atoms with van der Waals surface area (Å²) in [5.41, 5.74) is 6.15. The van der Waals surface area contributed by atoms with Crippen LogP contribution in [0, 0.1) is 6.92 Å². The zero-order valence-electron chi connectivity index (χ0n) is 25.5. The third kappa shape index (κ3) is 5.95. The van der Waals surface area contributed by atoms with Crippen LogP contribution in [-0.4, -0.2) is 39.6 Å². The summed E-state index contributed by atoms with van der Waals surface area (Å²) in [7, 11) is 4.78. The van der Waals surface area contributed by atoms with Gasteiger partial charge in [-0.2, -0.15) is 0 Å². The van der Waals surface area contributed by atoms with E-state index in [0.29, 0.717) is 65.0 Å². The fraction of sp³-hybridized carbons (Fsp3) is 0.314. The number of carbonyl (C=O) groups is 2. The third-order valence-electron chi connectivity index (χ3n) is 8.08. The topological polar surface area (TPSA) is 95.1 Å². The molecule has 1 aliphatic heterocycles. The number of aryl methyl sites for hydroxylation is 1. The zero-order valence-corrected chi connectivity index (χ0v) is 25.5. The molecule has 1 aliphatic carbocycles. The van der Waals surface area contributed by atoms with Gasteiger partial charge in [0.25, 0.3) is 5.91 Å². The highest BCUT2D eigenvalue weighted by Gasteiger charge is 2.41. The maximum absolute atomic E-state index is 14.1. The van der Waals surface area contributed by atoms with Gasteiger partial charge in [0.1, 0.15) is 0 Å². The van der Waals surface area contributed by atoms with E-state index >= 15 is 0 Å². The maximum atomic E-state index is 14.1. The minimum atomic E-state index is -0.592. The Hall–Kier alpha value is -4.72. The van der Waals surface area contributed by atoms with Crippen molar-refractivity contribution in [2.24, 2.45) is 0 Å². The van der Waals surface area contributed by atoms with Crippen molar-refractivity contribution in [1.29, 1.82) is 0 Å². The van der Waals surface area contributed by atoms with Gasteiger partial charge in [-0.3, -0.25) is 9.59 Å². The summed E-state index contributed by atoms with van der Waals surface area (Å²) < 4.78 is 22.3. The van der Waals surface area contributed by atoms with Crippen molar-refractivity contribution in [1.82, 2.24) is 5.32 Å². The number of anilines is 1. The molecule has 8 nitrogen and oxygen atoms in total. The number of hydrogen-bond donors (Lipinski definition) is 2. The number of amides is 1. The van der Waals surface area contributed by atoms with E-state index in [1.54, 1.807) is 21.3 Å². The van der Waals surface area contributed by atoms with Gasteiger partial charge in [0.15, 0.2) is 28.8 Å². The second kappa shape index (κ2) is 12.7. The largest absolute Gasteiger partial charge is 0.493 e. The van der Waals surface area contributed by atoms with Crippen molar-refractivity contribution in [3.8, 4) is 23.0 Å². The Balaban J connectivity index is 1.58. The Morgan fingerprint density at radius 3 is 2.14 bits per heavy atom. The molecule has 8 heteroatoms. The molecule has 1 amide bonds. The highest BCUT2D eigenvalue weighted by Crippen LogP contribution is 2.47.